The third-order valence-corrected chi connectivity index (χ3v) is 9.60. The number of amides is 1. The van der Waals surface area contributed by atoms with E-state index in [0.717, 1.165) is 31.7 Å². The van der Waals surface area contributed by atoms with E-state index in [4.69, 9.17) is 30.4 Å². The van der Waals surface area contributed by atoms with Crippen LogP contribution in [0.4, 0.5) is 0 Å². The number of hydrogen-bond donors (Lipinski definition) is 9. The van der Waals surface area contributed by atoms with E-state index in [0.29, 0.717) is 18.7 Å². The van der Waals surface area contributed by atoms with E-state index in [2.05, 4.69) is 16.0 Å². The maximum atomic E-state index is 13.0. The first-order chi connectivity index (χ1) is 20.5. The summed E-state index contributed by atoms with van der Waals surface area (Å²) in [5.74, 6) is 0.730. The van der Waals surface area contributed by atoms with Crippen LogP contribution in [0.1, 0.15) is 51.9 Å². The van der Waals surface area contributed by atoms with Crippen molar-refractivity contribution in [2.45, 2.75) is 125 Å². The molecule has 12 atom stereocenters. The third-order valence-electron chi connectivity index (χ3n) is 9.60. The Labute approximate surface area is 252 Å². The van der Waals surface area contributed by atoms with Gasteiger partial charge in [0.15, 0.2) is 6.29 Å². The summed E-state index contributed by atoms with van der Waals surface area (Å²) in [7, 11) is 1.60. The number of hydrogen-bond acceptors (Lipinski definition) is 13. The summed E-state index contributed by atoms with van der Waals surface area (Å²) in [4.78, 5) is 13.0. The van der Waals surface area contributed by atoms with E-state index in [1.165, 1.54) is 19.8 Å². The summed E-state index contributed by atoms with van der Waals surface area (Å²) in [6.45, 7) is 2.85. The summed E-state index contributed by atoms with van der Waals surface area (Å²) < 4.78 is 24.2. The maximum absolute atomic E-state index is 13.0. The lowest BCUT2D eigenvalue weighted by molar-refractivity contribution is -0.304. The number of carbonyl (C=O) groups is 1. The Morgan fingerprint density at radius 3 is 2.49 bits per heavy atom. The second-order valence-electron chi connectivity index (χ2n) is 13.3. The van der Waals surface area contributed by atoms with Crippen LogP contribution in [-0.4, -0.2) is 126 Å². The fourth-order valence-electron chi connectivity index (χ4n) is 6.48. The summed E-state index contributed by atoms with van der Waals surface area (Å²) in [5, 5.41) is 53.0. The summed E-state index contributed by atoms with van der Waals surface area (Å²) in [6.07, 6.45) is -0.588. The van der Waals surface area contributed by atoms with E-state index < -0.39 is 78.8 Å². The van der Waals surface area contributed by atoms with Gasteiger partial charge in [0.2, 0.25) is 12.2 Å². The second-order valence-corrected chi connectivity index (χ2v) is 13.3. The molecule has 3 aliphatic carbocycles. The molecule has 0 spiro atoms. The molecule has 0 aromatic carbocycles. The number of likely N-dealkylation sites (N-methyl/N-ethyl adjacent to an activating group) is 1. The van der Waals surface area contributed by atoms with Gasteiger partial charge in [0.1, 0.15) is 41.9 Å². The molecule has 2 heterocycles. The smallest absolute Gasteiger partial charge is 0.249 e. The van der Waals surface area contributed by atoms with E-state index in [1.54, 1.807) is 7.05 Å². The zero-order valence-electron chi connectivity index (χ0n) is 25.1. The topological polar surface area (TPSA) is 223 Å². The fraction of sp³-hybridized carbons (Fsp3) is 0.897. The van der Waals surface area contributed by atoms with Crippen molar-refractivity contribution in [3.63, 3.8) is 0 Å². The molecule has 4 fully saturated rings. The highest BCUT2D eigenvalue weighted by atomic mass is 16.7. The highest BCUT2D eigenvalue weighted by Gasteiger charge is 2.52. The lowest BCUT2D eigenvalue weighted by Crippen LogP contribution is -2.69. The van der Waals surface area contributed by atoms with Crippen LogP contribution in [0.3, 0.4) is 0 Å². The molecule has 2 aliphatic heterocycles. The van der Waals surface area contributed by atoms with Gasteiger partial charge in [-0.15, -0.1) is 0 Å². The predicted octanol–water partition coefficient (Wildman–Crippen LogP) is -2.49. The minimum absolute atomic E-state index is 0.120. The van der Waals surface area contributed by atoms with Gasteiger partial charge in [-0.05, 0) is 77.0 Å². The van der Waals surface area contributed by atoms with E-state index in [-0.39, 0.29) is 18.9 Å². The first kappa shape index (κ1) is 32.9. The average molecular weight is 614 g/mol. The SMILES string of the molecule is CN[C@@H]1[C@@H](O)[C@@H](O[C@@H]2[C@@H](O)[C@H](O[C@H]3OC(CNCC4CC4)=CC[C@H]3N)[C@@H](N)C[C@H]2NC(=O)C(O)C2CCC2)OC[C@]1(C)O. The second kappa shape index (κ2) is 13.9. The molecule has 5 rings (SSSR count). The standard InChI is InChI=1S/C29H51N5O9/c1-29(39)13-40-28(22(37)25(29)32-2)43-24-19(34-26(38)20(35)15-4-3-5-15)10-18(31)23(21(24)36)42-27-17(30)9-8-16(41-27)12-33-11-14-6-7-14/h8,14-15,17-25,27-28,32-33,35-37,39H,3-7,9-13,30-31H2,1-2H3,(H,34,38)/t17-,18+,19-,20?,21+,22-,23-,24+,25-,27-,28-,29+/m1/s1. The van der Waals surface area contributed by atoms with Crippen molar-refractivity contribution in [1.29, 1.82) is 0 Å². The Balaban J connectivity index is 1.29. The first-order valence-electron chi connectivity index (χ1n) is 15.7. The molecule has 246 valence electrons. The van der Waals surface area contributed by atoms with Crippen LogP contribution >= 0.6 is 0 Å². The zero-order valence-corrected chi connectivity index (χ0v) is 25.1. The quantitative estimate of drug-likeness (QED) is 0.111. The van der Waals surface area contributed by atoms with Crippen LogP contribution < -0.4 is 27.4 Å². The molecule has 1 saturated heterocycles. The Morgan fingerprint density at radius 1 is 1.12 bits per heavy atom. The highest BCUT2D eigenvalue weighted by molar-refractivity contribution is 5.81. The van der Waals surface area contributed by atoms with E-state index in [9.17, 15) is 25.2 Å². The van der Waals surface area contributed by atoms with Gasteiger partial charge in [0.05, 0.1) is 31.3 Å². The molecule has 0 aromatic heterocycles. The molecule has 0 radical (unpaired) electrons. The number of aliphatic hydroxyl groups excluding tert-OH is 3. The highest BCUT2D eigenvalue weighted by Crippen LogP contribution is 2.33. The Bertz CT molecular complexity index is 980. The van der Waals surface area contributed by atoms with Crippen molar-refractivity contribution in [1.82, 2.24) is 16.0 Å². The van der Waals surface area contributed by atoms with Gasteiger partial charge in [0.25, 0.3) is 0 Å². The number of rotatable bonds is 12. The van der Waals surface area contributed by atoms with Crippen molar-refractivity contribution in [2.24, 2.45) is 23.3 Å². The van der Waals surface area contributed by atoms with Gasteiger partial charge < -0.3 is 66.8 Å². The number of ether oxygens (including phenoxy) is 4. The third kappa shape index (κ3) is 7.69. The minimum atomic E-state index is -1.39. The van der Waals surface area contributed by atoms with Gasteiger partial charge in [-0.25, -0.2) is 0 Å². The number of aliphatic hydroxyl groups is 4. The normalized spacial score (nSPS) is 42.8. The molecule has 14 nitrogen and oxygen atoms in total. The average Bonchev–Trinajstić information content (AvgIpc) is 3.75. The summed E-state index contributed by atoms with van der Waals surface area (Å²) in [5.41, 5.74) is 11.5. The molecule has 11 N–H and O–H groups in total. The lowest BCUT2D eigenvalue weighted by atomic mass is 9.80. The van der Waals surface area contributed by atoms with Crippen LogP contribution in [0.15, 0.2) is 11.8 Å². The van der Waals surface area contributed by atoms with E-state index in [1.807, 2.05) is 6.08 Å². The lowest BCUT2D eigenvalue weighted by Gasteiger charge is -2.49. The Hall–Kier alpha value is -1.43. The minimum Gasteiger partial charge on any atom is -0.467 e. The molecule has 1 amide bonds. The van der Waals surface area contributed by atoms with Crippen LogP contribution in [0.5, 0.6) is 0 Å². The van der Waals surface area contributed by atoms with Crippen molar-refractivity contribution in [3.05, 3.63) is 11.8 Å². The first-order valence-corrected chi connectivity index (χ1v) is 15.7. The molecule has 14 heteroatoms. The molecular formula is C29H51N5O9. The van der Waals surface area contributed by atoms with Gasteiger partial charge >= 0.3 is 0 Å². The summed E-state index contributed by atoms with van der Waals surface area (Å²) >= 11 is 0. The van der Waals surface area contributed by atoms with Crippen molar-refractivity contribution in [2.75, 3.05) is 26.7 Å². The van der Waals surface area contributed by atoms with Crippen LogP contribution in [0.25, 0.3) is 0 Å². The molecule has 5 aliphatic rings. The van der Waals surface area contributed by atoms with Gasteiger partial charge in [-0.2, -0.15) is 0 Å². The molecule has 43 heavy (non-hydrogen) atoms. The van der Waals surface area contributed by atoms with Crippen molar-refractivity contribution in [3.8, 4) is 0 Å². The molecule has 3 saturated carbocycles. The fourth-order valence-corrected chi connectivity index (χ4v) is 6.48. The molecule has 0 bridgehead atoms. The van der Waals surface area contributed by atoms with Gasteiger partial charge in [0, 0.05) is 6.04 Å². The molecule has 0 aromatic rings. The predicted molar refractivity (Wildman–Crippen MR) is 154 cm³/mol. The van der Waals surface area contributed by atoms with Crippen molar-refractivity contribution < 1.29 is 44.2 Å². The van der Waals surface area contributed by atoms with Crippen LogP contribution in [0, 0.1) is 11.8 Å². The maximum Gasteiger partial charge on any atom is 0.249 e. The monoisotopic (exact) mass is 613 g/mol. The van der Waals surface area contributed by atoms with Crippen LogP contribution in [0.2, 0.25) is 0 Å². The van der Waals surface area contributed by atoms with Gasteiger partial charge in [-0.3, -0.25) is 4.79 Å². The Morgan fingerprint density at radius 2 is 1.84 bits per heavy atom. The Kier molecular flexibility index (Phi) is 10.7. The van der Waals surface area contributed by atoms with Crippen molar-refractivity contribution >= 4 is 5.91 Å². The van der Waals surface area contributed by atoms with E-state index >= 15 is 0 Å². The van der Waals surface area contributed by atoms with Gasteiger partial charge in [-0.1, -0.05) is 6.42 Å². The number of nitrogens with two attached hydrogens (primary N) is 2. The molecule has 1 unspecified atom stereocenters. The largest absolute Gasteiger partial charge is 0.467 e. The number of nitrogens with one attached hydrogen (secondary N) is 3. The zero-order chi connectivity index (χ0) is 30.9. The number of carbonyl (C=O) groups excluding carboxylic acids is 1. The van der Waals surface area contributed by atoms with Crippen LogP contribution in [-0.2, 0) is 23.7 Å². The summed E-state index contributed by atoms with van der Waals surface area (Å²) in [6, 6.07) is -2.87. The molecular weight excluding hydrogens is 562 g/mol.